The predicted octanol–water partition coefficient (Wildman–Crippen LogP) is 4.41. The number of aryl methyl sites for hydroxylation is 1. The Bertz CT molecular complexity index is 463. The van der Waals surface area contributed by atoms with Crippen LogP contribution in [0.3, 0.4) is 0 Å². The van der Waals surface area contributed by atoms with E-state index in [-0.39, 0.29) is 5.41 Å². The lowest BCUT2D eigenvalue weighted by Gasteiger charge is -2.15. The largest absolute Gasteiger partial charge is 0.230 e. The van der Waals surface area contributed by atoms with Gasteiger partial charge < -0.3 is 0 Å². The molecule has 0 bridgehead atoms. The summed E-state index contributed by atoms with van der Waals surface area (Å²) in [6, 6.07) is 7.60. The summed E-state index contributed by atoms with van der Waals surface area (Å²) in [6.07, 6.45) is 4.64. The second-order valence-electron chi connectivity index (χ2n) is 4.85. The van der Waals surface area contributed by atoms with Gasteiger partial charge in [-0.2, -0.15) is 4.40 Å². The zero-order chi connectivity index (χ0) is 13.6. The third-order valence-electron chi connectivity index (χ3n) is 2.45. The fraction of sp³-hybridized carbons (Fsp3) is 0.357. The molecule has 0 fully saturated rings. The molecule has 2 nitrogen and oxygen atoms in total. The molecule has 0 heterocycles. The van der Waals surface area contributed by atoms with E-state index in [9.17, 15) is 4.21 Å². The van der Waals surface area contributed by atoms with Crippen molar-refractivity contribution in [1.29, 1.82) is 0 Å². The van der Waals surface area contributed by atoms with Gasteiger partial charge in [-0.25, -0.2) is 4.21 Å². The van der Waals surface area contributed by atoms with Crippen molar-refractivity contribution >= 4 is 33.1 Å². The van der Waals surface area contributed by atoms with Crippen LogP contribution in [0.15, 0.2) is 44.6 Å². The van der Waals surface area contributed by atoms with Crippen LogP contribution >= 0.6 is 15.9 Å². The Kier molecular flexibility index (Phi) is 5.96. The summed E-state index contributed by atoms with van der Waals surface area (Å²) < 4.78 is 16.1. The van der Waals surface area contributed by atoms with E-state index < -0.39 is 11.0 Å². The summed E-state index contributed by atoms with van der Waals surface area (Å²) in [5, 5.41) is 0. The molecule has 1 aromatic rings. The van der Waals surface area contributed by atoms with Crippen LogP contribution in [0.25, 0.3) is 0 Å². The number of rotatable bonds is 5. The van der Waals surface area contributed by atoms with Crippen molar-refractivity contribution in [3.8, 4) is 0 Å². The molecule has 98 valence electrons. The van der Waals surface area contributed by atoms with Crippen LogP contribution in [0.1, 0.15) is 25.8 Å². The number of hydrogen-bond acceptors (Lipinski definition) is 1. The first-order chi connectivity index (χ1) is 8.44. The Balaban J connectivity index is 2.72. The standard InChI is InChI=1S/C14H18BrNOS/c1-12-5-7-13(8-6-12)18(17)16-11-14(2,3)9-4-10-15/h4-8,10-11H,9H2,1-3H3/b10-4+,16-11+/t18-/m0/s1. The number of nitrogens with zero attached hydrogens (tertiary/aromatic N) is 1. The highest BCUT2D eigenvalue weighted by Crippen LogP contribution is 2.19. The molecule has 0 N–H and O–H groups in total. The van der Waals surface area contributed by atoms with Crippen LogP contribution in [-0.2, 0) is 11.0 Å². The second kappa shape index (κ2) is 7.00. The molecule has 0 amide bonds. The first-order valence-corrected chi connectivity index (χ1v) is 7.76. The smallest absolute Gasteiger partial charge is 0.172 e. The molecule has 0 aromatic heterocycles. The average Bonchev–Trinajstić information content (AvgIpc) is 2.35. The van der Waals surface area contributed by atoms with E-state index in [0.29, 0.717) is 0 Å². The molecular weight excluding hydrogens is 310 g/mol. The van der Waals surface area contributed by atoms with E-state index >= 15 is 0 Å². The molecule has 0 aliphatic carbocycles. The van der Waals surface area contributed by atoms with Crippen LogP contribution in [0.5, 0.6) is 0 Å². The molecule has 0 aliphatic rings. The maximum absolute atomic E-state index is 12.0. The second-order valence-corrected chi connectivity index (χ2v) is 6.56. The van der Waals surface area contributed by atoms with Gasteiger partial charge in [0.25, 0.3) is 0 Å². The SMILES string of the molecule is Cc1ccc([S@](=O)/N=C/C(C)(C)C/C=C/Br)cc1. The highest BCUT2D eigenvalue weighted by atomic mass is 79.9. The summed E-state index contributed by atoms with van der Waals surface area (Å²) >= 11 is 3.24. The summed E-state index contributed by atoms with van der Waals surface area (Å²) in [7, 11) is -1.31. The van der Waals surface area contributed by atoms with Crippen molar-refractivity contribution < 1.29 is 4.21 Å². The Labute approximate surface area is 120 Å². The number of benzene rings is 1. The van der Waals surface area contributed by atoms with Crippen LogP contribution < -0.4 is 0 Å². The zero-order valence-electron chi connectivity index (χ0n) is 10.9. The minimum absolute atomic E-state index is 0.0926. The molecule has 1 atom stereocenters. The van der Waals surface area contributed by atoms with E-state index in [4.69, 9.17) is 0 Å². The monoisotopic (exact) mass is 327 g/mol. The van der Waals surface area contributed by atoms with Crippen molar-refractivity contribution in [3.05, 3.63) is 40.9 Å². The van der Waals surface area contributed by atoms with Crippen LogP contribution in [0, 0.1) is 12.3 Å². The summed E-state index contributed by atoms with van der Waals surface area (Å²) in [5.74, 6) is 0. The molecule has 4 heteroatoms. The predicted molar refractivity (Wildman–Crippen MR) is 82.5 cm³/mol. The Hall–Kier alpha value is -0.740. The maximum atomic E-state index is 12.0. The molecular formula is C14H18BrNOS. The van der Waals surface area contributed by atoms with Crippen LogP contribution in [0.2, 0.25) is 0 Å². The maximum Gasteiger partial charge on any atom is 0.172 e. The quantitative estimate of drug-likeness (QED) is 0.736. The lowest BCUT2D eigenvalue weighted by atomic mass is 9.91. The van der Waals surface area contributed by atoms with Gasteiger partial charge >= 0.3 is 0 Å². The molecule has 1 aromatic carbocycles. The molecule has 0 saturated carbocycles. The van der Waals surface area contributed by atoms with Gasteiger partial charge in [-0.15, -0.1) is 0 Å². The Morgan fingerprint density at radius 1 is 1.33 bits per heavy atom. The normalized spacial score (nSPS) is 14.4. The Morgan fingerprint density at radius 2 is 1.94 bits per heavy atom. The third kappa shape index (κ3) is 5.27. The lowest BCUT2D eigenvalue weighted by molar-refractivity contribution is 0.547. The molecule has 0 saturated heterocycles. The molecule has 0 spiro atoms. The highest BCUT2D eigenvalue weighted by Gasteiger charge is 2.13. The van der Waals surface area contributed by atoms with Crippen molar-refractivity contribution in [1.82, 2.24) is 0 Å². The van der Waals surface area contributed by atoms with Gasteiger partial charge in [-0.3, -0.25) is 0 Å². The number of allylic oxidation sites excluding steroid dienone is 1. The highest BCUT2D eigenvalue weighted by molar-refractivity contribution is 9.11. The van der Waals surface area contributed by atoms with Crippen LogP contribution in [0.4, 0.5) is 0 Å². The first-order valence-electron chi connectivity index (χ1n) is 5.73. The van der Waals surface area contributed by atoms with Gasteiger partial charge in [0.2, 0.25) is 0 Å². The van der Waals surface area contributed by atoms with Crippen molar-refractivity contribution in [2.24, 2.45) is 9.81 Å². The summed E-state index contributed by atoms with van der Waals surface area (Å²) in [4.78, 5) is 2.57. The van der Waals surface area contributed by atoms with Gasteiger partial charge in [0, 0.05) is 11.6 Å². The van der Waals surface area contributed by atoms with E-state index in [1.165, 1.54) is 0 Å². The van der Waals surface area contributed by atoms with Gasteiger partial charge in [0.05, 0.1) is 4.90 Å². The minimum atomic E-state index is -1.31. The minimum Gasteiger partial charge on any atom is -0.230 e. The summed E-state index contributed by atoms with van der Waals surface area (Å²) in [6.45, 7) is 6.14. The fourth-order valence-corrected chi connectivity index (χ4v) is 2.37. The summed E-state index contributed by atoms with van der Waals surface area (Å²) in [5.41, 5.74) is 1.06. The van der Waals surface area contributed by atoms with Crippen molar-refractivity contribution in [2.75, 3.05) is 0 Å². The topological polar surface area (TPSA) is 29.4 Å². The van der Waals surface area contributed by atoms with E-state index in [0.717, 1.165) is 16.9 Å². The van der Waals surface area contributed by atoms with Crippen molar-refractivity contribution in [3.63, 3.8) is 0 Å². The first kappa shape index (κ1) is 15.3. The van der Waals surface area contributed by atoms with E-state index in [2.05, 4.69) is 34.2 Å². The van der Waals surface area contributed by atoms with Crippen LogP contribution in [-0.4, -0.2) is 10.4 Å². The average molecular weight is 328 g/mol. The van der Waals surface area contributed by atoms with Crippen molar-refractivity contribution in [2.45, 2.75) is 32.1 Å². The Morgan fingerprint density at radius 3 is 2.50 bits per heavy atom. The van der Waals surface area contributed by atoms with Gasteiger partial charge in [0.15, 0.2) is 11.0 Å². The number of hydrogen-bond donors (Lipinski definition) is 0. The molecule has 18 heavy (non-hydrogen) atoms. The molecule has 1 rings (SSSR count). The molecule has 0 radical (unpaired) electrons. The molecule has 0 aliphatic heterocycles. The lowest BCUT2D eigenvalue weighted by Crippen LogP contribution is -2.12. The van der Waals surface area contributed by atoms with E-state index in [1.54, 1.807) is 6.21 Å². The van der Waals surface area contributed by atoms with E-state index in [1.807, 2.05) is 42.3 Å². The fourth-order valence-electron chi connectivity index (χ4n) is 1.31. The van der Waals surface area contributed by atoms with Gasteiger partial charge in [-0.1, -0.05) is 53.5 Å². The molecule has 0 unspecified atom stereocenters. The third-order valence-corrected chi connectivity index (χ3v) is 3.80. The van der Waals surface area contributed by atoms with Gasteiger partial charge in [-0.05, 0) is 30.5 Å². The zero-order valence-corrected chi connectivity index (χ0v) is 13.3. The van der Waals surface area contributed by atoms with Gasteiger partial charge in [0.1, 0.15) is 0 Å². The number of halogens is 1.